The monoisotopic (exact) mass is 439 g/mol. The Morgan fingerprint density at radius 2 is 1.68 bits per heavy atom. The summed E-state index contributed by atoms with van der Waals surface area (Å²) in [5.41, 5.74) is 14.8. The first-order valence-electron chi connectivity index (χ1n) is 10.6. The van der Waals surface area contributed by atoms with Crippen molar-refractivity contribution in [3.8, 4) is 0 Å². The van der Waals surface area contributed by atoms with Gasteiger partial charge in [0.25, 0.3) is 0 Å². The van der Waals surface area contributed by atoms with Crippen LogP contribution in [0, 0.1) is 0 Å². The van der Waals surface area contributed by atoms with E-state index < -0.39 is 15.3 Å². The lowest BCUT2D eigenvalue weighted by Gasteiger charge is -2.42. The molecule has 8 heteroatoms. The van der Waals surface area contributed by atoms with Crippen molar-refractivity contribution < 1.29 is 8.42 Å². The van der Waals surface area contributed by atoms with Gasteiger partial charge in [-0.3, -0.25) is 0 Å². The van der Waals surface area contributed by atoms with E-state index in [2.05, 4.69) is 28.2 Å². The van der Waals surface area contributed by atoms with Crippen LogP contribution in [0.1, 0.15) is 37.8 Å². The van der Waals surface area contributed by atoms with Crippen LogP contribution < -0.4 is 11.5 Å². The van der Waals surface area contributed by atoms with Crippen molar-refractivity contribution in [1.82, 2.24) is 14.3 Å². The van der Waals surface area contributed by atoms with E-state index in [9.17, 15) is 8.42 Å². The van der Waals surface area contributed by atoms with Crippen LogP contribution in [0.25, 0.3) is 10.9 Å². The Morgan fingerprint density at radius 3 is 2.32 bits per heavy atom. The summed E-state index contributed by atoms with van der Waals surface area (Å²) >= 11 is 0. The second-order valence-corrected chi connectivity index (χ2v) is 11.1. The number of benzene rings is 2. The van der Waals surface area contributed by atoms with Crippen molar-refractivity contribution in [2.24, 2.45) is 0 Å². The second kappa shape index (κ2) is 8.09. The molecular weight excluding hydrogens is 410 g/mol. The van der Waals surface area contributed by atoms with Crippen molar-refractivity contribution in [3.63, 3.8) is 0 Å². The number of sulfonamides is 1. The molecule has 31 heavy (non-hydrogen) atoms. The molecule has 1 saturated heterocycles. The van der Waals surface area contributed by atoms with Gasteiger partial charge in [0, 0.05) is 23.9 Å². The molecule has 1 aromatic heterocycles. The zero-order valence-corrected chi connectivity index (χ0v) is 18.8. The fourth-order valence-electron chi connectivity index (χ4n) is 4.64. The van der Waals surface area contributed by atoms with Crippen molar-refractivity contribution in [3.05, 3.63) is 59.7 Å². The van der Waals surface area contributed by atoms with E-state index in [4.69, 9.17) is 11.5 Å². The van der Waals surface area contributed by atoms with Gasteiger partial charge >= 0.3 is 0 Å². The number of anilines is 2. The van der Waals surface area contributed by atoms with Gasteiger partial charge in [0.15, 0.2) is 0 Å². The Balaban J connectivity index is 1.75. The largest absolute Gasteiger partial charge is 0.383 e. The molecule has 0 amide bonds. The summed E-state index contributed by atoms with van der Waals surface area (Å²) in [5.74, 6) is 0.535. The quantitative estimate of drug-likeness (QED) is 0.631. The molecule has 0 atom stereocenters. The highest BCUT2D eigenvalue weighted by Crippen LogP contribution is 2.41. The van der Waals surface area contributed by atoms with Gasteiger partial charge in [0.05, 0.1) is 10.8 Å². The number of aromatic nitrogens is 2. The Kier molecular flexibility index (Phi) is 5.61. The maximum atomic E-state index is 12.7. The molecule has 7 nitrogen and oxygen atoms in total. The van der Waals surface area contributed by atoms with Crippen LogP contribution in [-0.4, -0.2) is 41.0 Å². The lowest BCUT2D eigenvalue weighted by Crippen LogP contribution is -2.48. The van der Waals surface area contributed by atoms with Crippen LogP contribution >= 0.6 is 0 Å². The Labute approximate surface area is 183 Å². The molecule has 1 fully saturated rings. The Morgan fingerprint density at radius 1 is 1.00 bits per heavy atom. The van der Waals surface area contributed by atoms with E-state index >= 15 is 0 Å². The molecule has 0 spiro atoms. The maximum Gasteiger partial charge on any atom is 0.222 e. The van der Waals surface area contributed by atoms with Crippen LogP contribution in [0.15, 0.2) is 48.5 Å². The van der Waals surface area contributed by atoms with Crippen LogP contribution in [0.3, 0.4) is 0 Å². The number of hydrogen-bond donors (Lipinski definition) is 2. The van der Waals surface area contributed by atoms with Crippen LogP contribution in [0.2, 0.25) is 0 Å². The van der Waals surface area contributed by atoms with Gasteiger partial charge in [0.2, 0.25) is 16.0 Å². The predicted molar refractivity (Wildman–Crippen MR) is 125 cm³/mol. The molecular formula is C23H29N5O2S. The van der Waals surface area contributed by atoms with Gasteiger partial charge in [-0.05, 0) is 50.3 Å². The topological polar surface area (TPSA) is 115 Å². The third-order valence-electron chi connectivity index (χ3n) is 6.41. The van der Waals surface area contributed by atoms with Gasteiger partial charge < -0.3 is 11.5 Å². The SMILES string of the molecule is CC(C)S(=O)(=O)N1CCC(Cc2cccc3nc(N)nc(N)c23)(c2ccccc2)CC1. The average molecular weight is 440 g/mol. The van der Waals surface area contributed by atoms with E-state index in [0.717, 1.165) is 35.7 Å². The molecule has 0 unspecified atom stereocenters. The standard InChI is InChI=1S/C23H29N5O2S/c1-16(2)31(29,30)28-13-11-23(12-14-28,18-8-4-3-5-9-18)15-17-7-6-10-19-20(17)21(24)27-22(25)26-19/h3-10,16H,11-15H2,1-2H3,(H4,24,25,26,27). The minimum atomic E-state index is -3.27. The molecule has 4 N–H and O–H groups in total. The minimum Gasteiger partial charge on any atom is -0.383 e. The molecule has 3 aromatic rings. The van der Waals surface area contributed by atoms with Gasteiger partial charge in [-0.1, -0.05) is 42.5 Å². The summed E-state index contributed by atoms with van der Waals surface area (Å²) in [4.78, 5) is 8.52. The molecule has 0 saturated carbocycles. The average Bonchev–Trinajstić information content (AvgIpc) is 2.74. The molecule has 2 heterocycles. The van der Waals surface area contributed by atoms with E-state index in [-0.39, 0.29) is 11.4 Å². The maximum absolute atomic E-state index is 12.7. The third-order valence-corrected chi connectivity index (χ3v) is 8.68. The van der Waals surface area contributed by atoms with E-state index in [1.54, 1.807) is 18.2 Å². The molecule has 2 aromatic carbocycles. The number of nitrogens with two attached hydrogens (primary N) is 2. The summed E-state index contributed by atoms with van der Waals surface area (Å²) in [6.45, 7) is 4.47. The van der Waals surface area contributed by atoms with E-state index in [0.29, 0.717) is 18.9 Å². The zero-order valence-electron chi connectivity index (χ0n) is 18.0. The number of rotatable bonds is 5. The van der Waals surface area contributed by atoms with Gasteiger partial charge in [-0.15, -0.1) is 0 Å². The molecule has 0 aliphatic carbocycles. The first kappa shape index (κ1) is 21.5. The summed E-state index contributed by atoms with van der Waals surface area (Å²) < 4.78 is 27.1. The van der Waals surface area contributed by atoms with Crippen molar-refractivity contribution in [2.75, 3.05) is 24.6 Å². The number of fused-ring (bicyclic) bond motifs is 1. The molecule has 0 radical (unpaired) electrons. The highest BCUT2D eigenvalue weighted by atomic mass is 32.2. The Hall–Kier alpha value is -2.71. The van der Waals surface area contributed by atoms with Crippen molar-refractivity contribution >= 4 is 32.7 Å². The predicted octanol–water partition coefficient (Wildman–Crippen LogP) is 3.11. The van der Waals surface area contributed by atoms with Crippen molar-refractivity contribution in [2.45, 2.75) is 43.8 Å². The summed E-state index contributed by atoms with van der Waals surface area (Å²) in [6, 6.07) is 16.2. The van der Waals surface area contributed by atoms with Crippen LogP contribution in [-0.2, 0) is 21.9 Å². The summed E-state index contributed by atoms with van der Waals surface area (Å²) in [5, 5.41) is 0.404. The molecule has 1 aliphatic rings. The molecule has 164 valence electrons. The smallest absolute Gasteiger partial charge is 0.222 e. The highest BCUT2D eigenvalue weighted by molar-refractivity contribution is 7.89. The fourth-order valence-corrected chi connectivity index (χ4v) is 5.93. The summed E-state index contributed by atoms with van der Waals surface area (Å²) in [6.07, 6.45) is 2.19. The highest BCUT2D eigenvalue weighted by Gasteiger charge is 2.40. The van der Waals surface area contributed by atoms with E-state index in [1.165, 1.54) is 5.56 Å². The van der Waals surface area contributed by atoms with E-state index in [1.807, 2.05) is 30.3 Å². The fraction of sp³-hybridized carbons (Fsp3) is 0.391. The lowest BCUT2D eigenvalue weighted by molar-refractivity contribution is 0.230. The van der Waals surface area contributed by atoms with Crippen LogP contribution in [0.4, 0.5) is 11.8 Å². The second-order valence-electron chi connectivity index (χ2n) is 8.59. The number of hydrogen-bond acceptors (Lipinski definition) is 6. The number of nitrogens with zero attached hydrogens (tertiary/aromatic N) is 3. The van der Waals surface area contributed by atoms with Crippen LogP contribution in [0.5, 0.6) is 0 Å². The number of nitrogen functional groups attached to an aromatic ring is 2. The summed E-state index contributed by atoms with van der Waals surface area (Å²) in [7, 11) is -3.27. The van der Waals surface area contributed by atoms with Crippen molar-refractivity contribution in [1.29, 1.82) is 0 Å². The van der Waals surface area contributed by atoms with Gasteiger partial charge in [-0.2, -0.15) is 4.98 Å². The minimum absolute atomic E-state index is 0.159. The Bertz CT molecular complexity index is 1190. The first-order valence-corrected chi connectivity index (χ1v) is 12.1. The molecule has 1 aliphatic heterocycles. The normalized spacial score (nSPS) is 17.3. The van der Waals surface area contributed by atoms with Gasteiger partial charge in [0.1, 0.15) is 5.82 Å². The zero-order chi connectivity index (χ0) is 22.2. The number of piperidine rings is 1. The third kappa shape index (κ3) is 3.97. The first-order chi connectivity index (χ1) is 14.7. The molecule has 0 bridgehead atoms. The lowest BCUT2D eigenvalue weighted by atomic mass is 9.69. The van der Waals surface area contributed by atoms with Gasteiger partial charge in [-0.25, -0.2) is 17.7 Å². The molecule has 4 rings (SSSR count).